The van der Waals surface area contributed by atoms with E-state index in [4.69, 9.17) is 6.42 Å². The Balaban J connectivity index is 2.52. The maximum Gasteiger partial charge on any atom is 0.293 e. The highest BCUT2D eigenvalue weighted by molar-refractivity contribution is 5.90. The van der Waals surface area contributed by atoms with E-state index in [1.807, 2.05) is 6.92 Å². The Hall–Kier alpha value is -1.90. The molecule has 1 atom stereocenters. The van der Waals surface area contributed by atoms with E-state index < -0.39 is 5.91 Å². The minimum atomic E-state index is -0.407. The molecule has 0 bridgehead atoms. The van der Waals surface area contributed by atoms with Gasteiger partial charge in [0.05, 0.1) is 6.04 Å². The first-order valence-corrected chi connectivity index (χ1v) is 4.28. The van der Waals surface area contributed by atoms with Crippen LogP contribution in [0.5, 0.6) is 0 Å². The number of carbonyl (C=O) groups is 1. The molecule has 0 radical (unpaired) electrons. The normalized spacial score (nSPS) is 11.7. The molecule has 0 aromatic carbocycles. The first kappa shape index (κ1) is 10.2. The molecule has 0 saturated heterocycles. The number of rotatable bonds is 4. The summed E-state index contributed by atoms with van der Waals surface area (Å²) < 4.78 is 0. The monoisotopic (exact) mass is 193 g/mol. The van der Waals surface area contributed by atoms with Gasteiger partial charge in [-0.1, -0.05) is 19.3 Å². The van der Waals surface area contributed by atoms with Crippen molar-refractivity contribution in [2.45, 2.75) is 25.8 Å². The van der Waals surface area contributed by atoms with Gasteiger partial charge in [0.15, 0.2) is 0 Å². The van der Waals surface area contributed by atoms with Crippen molar-refractivity contribution < 1.29 is 4.79 Å². The highest BCUT2D eigenvalue weighted by atomic mass is 16.2. The number of hydrogen-bond donors (Lipinski definition) is 2. The van der Waals surface area contributed by atoms with Crippen LogP contribution in [0.25, 0.3) is 0 Å². The van der Waals surface area contributed by atoms with E-state index in [1.54, 1.807) is 0 Å². The fraction of sp³-hybridized carbons (Fsp3) is 0.500. The van der Waals surface area contributed by atoms with Crippen molar-refractivity contribution in [2.24, 2.45) is 0 Å². The van der Waals surface area contributed by atoms with Crippen LogP contribution in [0.4, 0.5) is 0 Å². The van der Waals surface area contributed by atoms with Gasteiger partial charge in [0, 0.05) is 0 Å². The molecular weight excluding hydrogens is 182 g/mol. The van der Waals surface area contributed by atoms with E-state index in [9.17, 15) is 4.79 Å². The minimum absolute atomic E-state index is 0.00125. The zero-order chi connectivity index (χ0) is 10.4. The molecule has 1 unspecified atom stereocenters. The quantitative estimate of drug-likeness (QED) is 0.645. The second-order valence-electron chi connectivity index (χ2n) is 2.72. The van der Waals surface area contributed by atoms with Crippen LogP contribution >= 0.6 is 0 Å². The van der Waals surface area contributed by atoms with Gasteiger partial charge in [0.25, 0.3) is 11.7 Å². The van der Waals surface area contributed by atoms with Crippen LogP contribution in [0.15, 0.2) is 0 Å². The van der Waals surface area contributed by atoms with Crippen molar-refractivity contribution in [3.63, 3.8) is 0 Å². The molecule has 0 aliphatic heterocycles. The summed E-state index contributed by atoms with van der Waals surface area (Å²) in [6.07, 6.45) is 6.87. The van der Waals surface area contributed by atoms with Gasteiger partial charge in [-0.3, -0.25) is 4.79 Å². The molecule has 74 valence electrons. The Labute approximate surface area is 81.5 Å². The largest absolute Gasteiger partial charge is 0.336 e. The van der Waals surface area contributed by atoms with Crippen molar-refractivity contribution in [1.29, 1.82) is 0 Å². The smallest absolute Gasteiger partial charge is 0.293 e. The fourth-order valence-electron chi connectivity index (χ4n) is 0.967. The average Bonchev–Trinajstić information content (AvgIpc) is 2.69. The van der Waals surface area contributed by atoms with Crippen molar-refractivity contribution in [3.8, 4) is 12.3 Å². The molecular formula is C8H11N5O. The number of aromatic nitrogens is 4. The van der Waals surface area contributed by atoms with E-state index >= 15 is 0 Å². The molecule has 14 heavy (non-hydrogen) atoms. The maximum atomic E-state index is 11.4. The van der Waals surface area contributed by atoms with E-state index in [-0.39, 0.29) is 11.9 Å². The maximum absolute atomic E-state index is 11.4. The molecule has 0 aliphatic carbocycles. The summed E-state index contributed by atoms with van der Waals surface area (Å²) in [6, 6.07) is -0.272. The van der Waals surface area contributed by atoms with E-state index in [0.717, 1.165) is 12.8 Å². The number of aromatic amines is 1. The highest BCUT2D eigenvalue weighted by Crippen LogP contribution is 1.96. The lowest BCUT2D eigenvalue weighted by atomic mass is 10.2. The summed E-state index contributed by atoms with van der Waals surface area (Å²) >= 11 is 0. The van der Waals surface area contributed by atoms with E-state index in [2.05, 4.69) is 31.9 Å². The van der Waals surface area contributed by atoms with Gasteiger partial charge in [-0.05, 0) is 11.6 Å². The minimum Gasteiger partial charge on any atom is -0.336 e. The zero-order valence-electron chi connectivity index (χ0n) is 7.82. The predicted molar refractivity (Wildman–Crippen MR) is 49.2 cm³/mol. The van der Waals surface area contributed by atoms with Crippen LogP contribution in [0.3, 0.4) is 0 Å². The van der Waals surface area contributed by atoms with Crippen LogP contribution in [-0.2, 0) is 0 Å². The molecule has 0 saturated carbocycles. The van der Waals surface area contributed by atoms with Crippen LogP contribution in [0, 0.1) is 12.3 Å². The molecule has 1 amide bonds. The van der Waals surface area contributed by atoms with Crippen molar-refractivity contribution in [2.75, 3.05) is 0 Å². The summed E-state index contributed by atoms with van der Waals surface area (Å²) in [5.74, 6) is 2.07. The first-order chi connectivity index (χ1) is 6.77. The highest BCUT2D eigenvalue weighted by Gasteiger charge is 2.14. The Morgan fingerprint density at radius 2 is 2.57 bits per heavy atom. The lowest BCUT2D eigenvalue weighted by Crippen LogP contribution is -2.34. The van der Waals surface area contributed by atoms with Crippen LogP contribution < -0.4 is 5.32 Å². The third-order valence-electron chi connectivity index (χ3n) is 1.63. The Bertz CT molecular complexity index is 326. The van der Waals surface area contributed by atoms with Gasteiger partial charge in [-0.15, -0.1) is 16.6 Å². The summed E-state index contributed by atoms with van der Waals surface area (Å²) in [4.78, 5) is 11.4. The zero-order valence-corrected chi connectivity index (χ0v) is 7.82. The number of nitrogens with one attached hydrogen (secondary N) is 2. The Morgan fingerprint density at radius 3 is 3.07 bits per heavy atom. The summed E-state index contributed by atoms with van der Waals surface area (Å²) in [5.41, 5.74) is 0. The molecule has 0 spiro atoms. The predicted octanol–water partition coefficient (Wildman–Crippen LogP) is -0.269. The fourth-order valence-corrected chi connectivity index (χ4v) is 0.967. The summed E-state index contributed by atoms with van der Waals surface area (Å²) in [6.45, 7) is 1.99. The Morgan fingerprint density at radius 1 is 1.79 bits per heavy atom. The van der Waals surface area contributed by atoms with Gasteiger partial charge in [-0.25, -0.2) is 0 Å². The molecule has 6 nitrogen and oxygen atoms in total. The second kappa shape index (κ2) is 4.97. The number of terminal acetylenes is 1. The standard InChI is InChI=1S/C8H11N5O/c1-3-5-6(4-2)9-8(14)7-10-12-13-11-7/h2,6H,3,5H2,1H3,(H,9,14)(H,10,11,12,13). The second-order valence-corrected chi connectivity index (χ2v) is 2.72. The van der Waals surface area contributed by atoms with Crippen LogP contribution in [-0.4, -0.2) is 32.6 Å². The first-order valence-electron chi connectivity index (χ1n) is 4.28. The Kier molecular flexibility index (Phi) is 3.61. The third-order valence-corrected chi connectivity index (χ3v) is 1.63. The lowest BCUT2D eigenvalue weighted by Gasteiger charge is -2.09. The number of H-pyrrole nitrogens is 1. The molecule has 0 fully saturated rings. The molecule has 2 N–H and O–H groups in total. The molecule has 1 aromatic rings. The van der Waals surface area contributed by atoms with Gasteiger partial charge in [0.1, 0.15) is 0 Å². The van der Waals surface area contributed by atoms with Crippen LogP contribution in [0.1, 0.15) is 30.4 Å². The number of hydrogen-bond acceptors (Lipinski definition) is 4. The molecule has 1 aromatic heterocycles. The molecule has 1 heterocycles. The lowest BCUT2D eigenvalue weighted by molar-refractivity contribution is 0.0934. The van der Waals surface area contributed by atoms with E-state index in [1.165, 1.54) is 0 Å². The van der Waals surface area contributed by atoms with Crippen molar-refractivity contribution in [3.05, 3.63) is 5.82 Å². The SMILES string of the molecule is C#CC(CCC)NC(=O)c1nn[nH]n1. The van der Waals surface area contributed by atoms with Crippen LogP contribution in [0.2, 0.25) is 0 Å². The van der Waals surface area contributed by atoms with Gasteiger partial charge >= 0.3 is 0 Å². The average molecular weight is 193 g/mol. The number of nitrogens with zero attached hydrogens (tertiary/aromatic N) is 3. The molecule has 6 heteroatoms. The number of carbonyl (C=O) groups excluding carboxylic acids is 1. The van der Waals surface area contributed by atoms with Gasteiger partial charge < -0.3 is 5.32 Å². The molecule has 0 aliphatic rings. The third kappa shape index (κ3) is 2.55. The number of tetrazole rings is 1. The summed E-state index contributed by atoms with van der Waals surface area (Å²) in [5, 5.41) is 15.1. The van der Waals surface area contributed by atoms with Crippen molar-refractivity contribution >= 4 is 5.91 Å². The van der Waals surface area contributed by atoms with Crippen molar-refractivity contribution in [1.82, 2.24) is 25.9 Å². The summed E-state index contributed by atoms with van der Waals surface area (Å²) in [7, 11) is 0. The van der Waals surface area contributed by atoms with Gasteiger partial charge in [0.2, 0.25) is 0 Å². The molecule has 1 rings (SSSR count). The van der Waals surface area contributed by atoms with Gasteiger partial charge in [-0.2, -0.15) is 5.21 Å². The topological polar surface area (TPSA) is 83.6 Å². The van der Waals surface area contributed by atoms with E-state index in [0.29, 0.717) is 0 Å². The number of amides is 1.